The molecule has 0 aliphatic rings. The van der Waals surface area contributed by atoms with E-state index < -0.39 is 26.7 Å². The first kappa shape index (κ1) is 22.7. The maximum absolute atomic E-state index is 13.9. The Balaban J connectivity index is 1.95. The molecule has 0 aliphatic heterocycles. The number of benzene rings is 3. The molecule has 3 aromatic carbocycles. The Labute approximate surface area is 183 Å². The zero-order chi connectivity index (χ0) is 23.5. The Morgan fingerprint density at radius 1 is 1.06 bits per heavy atom. The molecule has 1 amide bonds. The normalized spacial score (nSPS) is 11.0. The van der Waals surface area contributed by atoms with Crippen molar-refractivity contribution in [3.63, 3.8) is 0 Å². The van der Waals surface area contributed by atoms with Crippen LogP contribution in [0.3, 0.4) is 0 Å². The molecule has 0 bridgehead atoms. The molecule has 9 nitrogen and oxygen atoms in total. The van der Waals surface area contributed by atoms with Crippen molar-refractivity contribution in [2.45, 2.75) is 11.8 Å². The van der Waals surface area contributed by atoms with Crippen LogP contribution in [0.4, 0.5) is 21.5 Å². The van der Waals surface area contributed by atoms with E-state index in [1.807, 2.05) is 0 Å². The fraction of sp³-hybridized carbons (Fsp3) is 0.0952. The number of nitrogens with one attached hydrogen (secondary N) is 2. The Morgan fingerprint density at radius 3 is 2.44 bits per heavy atom. The van der Waals surface area contributed by atoms with Crippen LogP contribution in [0.5, 0.6) is 5.75 Å². The number of nitro groups is 1. The lowest BCUT2D eigenvalue weighted by Crippen LogP contribution is -2.17. The molecule has 11 heteroatoms. The molecule has 0 unspecified atom stereocenters. The predicted molar refractivity (Wildman–Crippen MR) is 116 cm³/mol. The summed E-state index contributed by atoms with van der Waals surface area (Å²) in [5.41, 5.74) is -0.292. The fourth-order valence-electron chi connectivity index (χ4n) is 2.92. The van der Waals surface area contributed by atoms with Gasteiger partial charge in [0.1, 0.15) is 11.6 Å². The van der Waals surface area contributed by atoms with E-state index in [1.165, 1.54) is 62.6 Å². The maximum Gasteiger partial charge on any atom is 0.274 e. The number of carbonyl (C=O) groups excluding carboxylic acids is 1. The largest absolute Gasteiger partial charge is 0.495 e. The molecule has 0 saturated carbocycles. The molecule has 32 heavy (non-hydrogen) atoms. The number of hydrogen-bond acceptors (Lipinski definition) is 6. The molecule has 0 fully saturated rings. The average Bonchev–Trinajstić information content (AvgIpc) is 2.75. The first-order valence-corrected chi connectivity index (χ1v) is 10.6. The highest BCUT2D eigenvalue weighted by Gasteiger charge is 2.22. The third-order valence-electron chi connectivity index (χ3n) is 4.59. The SMILES string of the molecule is COc1ccc(S(=O)(=O)Nc2cccc([N+](=O)[O-])c2C)cc1NC(=O)c1ccccc1F. The van der Waals surface area contributed by atoms with E-state index >= 15 is 0 Å². The monoisotopic (exact) mass is 459 g/mol. The van der Waals surface area contributed by atoms with Gasteiger partial charge in [-0.1, -0.05) is 18.2 Å². The summed E-state index contributed by atoms with van der Waals surface area (Å²) in [4.78, 5) is 22.7. The van der Waals surface area contributed by atoms with Crippen LogP contribution in [0.2, 0.25) is 0 Å². The topological polar surface area (TPSA) is 128 Å². The average molecular weight is 459 g/mol. The van der Waals surface area contributed by atoms with Crippen LogP contribution in [0.15, 0.2) is 65.6 Å². The van der Waals surface area contributed by atoms with E-state index in [0.717, 1.165) is 12.1 Å². The Hall–Kier alpha value is -3.99. The summed E-state index contributed by atoms with van der Waals surface area (Å²) in [5.74, 6) is -1.38. The van der Waals surface area contributed by atoms with Gasteiger partial charge in [-0.25, -0.2) is 12.8 Å². The lowest BCUT2D eigenvalue weighted by atomic mass is 10.2. The predicted octanol–water partition coefficient (Wildman–Crippen LogP) is 4.10. The molecular formula is C21H18FN3O6S. The van der Waals surface area contributed by atoms with Gasteiger partial charge < -0.3 is 10.1 Å². The molecule has 3 aromatic rings. The molecule has 0 aliphatic carbocycles. The van der Waals surface area contributed by atoms with E-state index in [1.54, 1.807) is 0 Å². The smallest absolute Gasteiger partial charge is 0.274 e. The Kier molecular flexibility index (Phi) is 6.40. The first-order chi connectivity index (χ1) is 15.1. The quantitative estimate of drug-likeness (QED) is 0.404. The summed E-state index contributed by atoms with van der Waals surface area (Å²) < 4.78 is 47.2. The number of nitrogens with zero attached hydrogens (tertiary/aromatic N) is 1. The van der Waals surface area contributed by atoms with Crippen LogP contribution in [-0.4, -0.2) is 26.4 Å². The highest BCUT2D eigenvalue weighted by molar-refractivity contribution is 7.92. The number of halogens is 1. The van der Waals surface area contributed by atoms with Crippen molar-refractivity contribution >= 4 is 33.0 Å². The number of hydrogen-bond donors (Lipinski definition) is 2. The van der Waals surface area contributed by atoms with E-state index in [9.17, 15) is 27.7 Å². The second-order valence-electron chi connectivity index (χ2n) is 6.61. The number of ether oxygens (including phenoxy) is 1. The lowest BCUT2D eigenvalue weighted by molar-refractivity contribution is -0.385. The number of amides is 1. The lowest BCUT2D eigenvalue weighted by Gasteiger charge is -2.14. The van der Waals surface area contributed by atoms with Crippen molar-refractivity contribution < 1.29 is 27.3 Å². The van der Waals surface area contributed by atoms with Gasteiger partial charge in [0.05, 0.1) is 39.4 Å². The number of anilines is 2. The van der Waals surface area contributed by atoms with Crippen LogP contribution < -0.4 is 14.8 Å². The molecule has 3 rings (SSSR count). The van der Waals surface area contributed by atoms with Crippen molar-refractivity contribution in [2.75, 3.05) is 17.1 Å². The van der Waals surface area contributed by atoms with Gasteiger partial charge in [0.2, 0.25) is 0 Å². The van der Waals surface area contributed by atoms with Gasteiger partial charge in [0.25, 0.3) is 21.6 Å². The Morgan fingerprint density at radius 2 is 1.78 bits per heavy atom. The van der Waals surface area contributed by atoms with Crippen LogP contribution >= 0.6 is 0 Å². The van der Waals surface area contributed by atoms with Crippen molar-refractivity contribution in [2.24, 2.45) is 0 Å². The van der Waals surface area contributed by atoms with Gasteiger partial charge in [0.15, 0.2) is 0 Å². The van der Waals surface area contributed by atoms with Crippen LogP contribution in [0.1, 0.15) is 15.9 Å². The van der Waals surface area contributed by atoms with Gasteiger partial charge in [-0.2, -0.15) is 0 Å². The molecule has 166 valence electrons. The fourth-order valence-corrected chi connectivity index (χ4v) is 4.07. The number of rotatable bonds is 7. The van der Waals surface area contributed by atoms with Crippen LogP contribution in [0.25, 0.3) is 0 Å². The van der Waals surface area contributed by atoms with E-state index in [-0.39, 0.29) is 38.8 Å². The third kappa shape index (κ3) is 4.67. The van der Waals surface area contributed by atoms with Crippen molar-refractivity contribution in [3.05, 3.63) is 87.7 Å². The summed E-state index contributed by atoms with van der Waals surface area (Å²) in [6.45, 7) is 1.42. The van der Waals surface area contributed by atoms with Gasteiger partial charge in [-0.05, 0) is 43.3 Å². The van der Waals surface area contributed by atoms with Crippen LogP contribution in [0, 0.1) is 22.9 Å². The maximum atomic E-state index is 13.9. The van der Waals surface area contributed by atoms with Crippen molar-refractivity contribution in [1.82, 2.24) is 0 Å². The Bertz CT molecular complexity index is 1310. The summed E-state index contributed by atoms with van der Waals surface area (Å²) >= 11 is 0. The van der Waals surface area contributed by atoms with Crippen molar-refractivity contribution in [3.8, 4) is 5.75 Å². The number of carbonyl (C=O) groups is 1. The molecule has 0 spiro atoms. The van der Waals surface area contributed by atoms with Gasteiger partial charge in [-0.3, -0.25) is 19.6 Å². The zero-order valence-electron chi connectivity index (χ0n) is 17.0. The zero-order valence-corrected chi connectivity index (χ0v) is 17.8. The van der Waals surface area contributed by atoms with Crippen molar-refractivity contribution in [1.29, 1.82) is 0 Å². The molecule has 0 aromatic heterocycles. The molecule has 0 saturated heterocycles. The number of methoxy groups -OCH3 is 1. The summed E-state index contributed by atoms with van der Waals surface area (Å²) in [6.07, 6.45) is 0. The van der Waals surface area contributed by atoms with Crippen LogP contribution in [-0.2, 0) is 10.0 Å². The van der Waals surface area contributed by atoms with Gasteiger partial charge in [-0.15, -0.1) is 0 Å². The molecule has 0 atom stereocenters. The minimum absolute atomic E-state index is 0.000563. The highest BCUT2D eigenvalue weighted by Crippen LogP contribution is 2.31. The first-order valence-electron chi connectivity index (χ1n) is 9.15. The third-order valence-corrected chi connectivity index (χ3v) is 5.96. The van der Waals surface area contributed by atoms with Gasteiger partial charge >= 0.3 is 0 Å². The molecular weight excluding hydrogens is 441 g/mol. The molecule has 0 radical (unpaired) electrons. The van der Waals surface area contributed by atoms with Gasteiger partial charge in [0, 0.05) is 6.07 Å². The van der Waals surface area contributed by atoms with E-state index in [0.29, 0.717) is 0 Å². The minimum atomic E-state index is -4.19. The number of sulfonamides is 1. The highest BCUT2D eigenvalue weighted by atomic mass is 32.2. The van der Waals surface area contributed by atoms with E-state index in [4.69, 9.17) is 4.74 Å². The van der Waals surface area contributed by atoms with E-state index in [2.05, 4.69) is 10.0 Å². The summed E-state index contributed by atoms with van der Waals surface area (Å²) in [7, 11) is -2.86. The molecule has 0 heterocycles. The summed E-state index contributed by atoms with van der Waals surface area (Å²) in [6, 6.07) is 13.1. The number of nitro benzene ring substituents is 1. The minimum Gasteiger partial charge on any atom is -0.495 e. The second-order valence-corrected chi connectivity index (χ2v) is 8.29. The second kappa shape index (κ2) is 9.02. The molecule has 2 N–H and O–H groups in total. The standard InChI is InChI=1S/C21H18FN3O6S/c1-13-17(8-5-9-19(13)25(27)28)24-32(29,30)14-10-11-20(31-2)18(12-14)23-21(26)15-6-3-4-7-16(15)22/h3-12,24H,1-2H3,(H,23,26). The summed E-state index contributed by atoms with van der Waals surface area (Å²) in [5, 5.41) is 13.6.